The molecule has 1 aliphatic rings. The van der Waals surface area contributed by atoms with E-state index >= 15 is 0 Å². The van der Waals surface area contributed by atoms with Crippen LogP contribution in [-0.2, 0) is 20.8 Å². The Kier molecular flexibility index (Phi) is 7.33. The summed E-state index contributed by atoms with van der Waals surface area (Å²) < 4.78 is 0. The van der Waals surface area contributed by atoms with Gasteiger partial charge in [0.15, 0.2) is 0 Å². The molecule has 2 amide bonds. The Labute approximate surface area is 182 Å². The number of carbonyl (C=O) groups is 3. The first-order valence-corrected chi connectivity index (χ1v) is 10.9. The SMILES string of the molecule is CC(C)C[C@@H](NC(=O)C1CCN(C(=O)[C@@H](N)Cc2cc3ccccc3[nH]2)CC1)C(=O)O. The second-order valence-electron chi connectivity index (χ2n) is 8.82. The molecule has 1 aromatic heterocycles. The highest BCUT2D eigenvalue weighted by molar-refractivity contribution is 5.86. The molecule has 0 radical (unpaired) electrons. The van der Waals surface area contributed by atoms with E-state index in [1.54, 1.807) is 4.90 Å². The fourth-order valence-corrected chi connectivity index (χ4v) is 4.15. The van der Waals surface area contributed by atoms with Crippen LogP contribution in [0, 0.1) is 11.8 Å². The molecular formula is C23H32N4O4. The van der Waals surface area contributed by atoms with Crippen LogP contribution in [-0.4, -0.2) is 57.9 Å². The lowest BCUT2D eigenvalue weighted by Gasteiger charge is -2.33. The number of likely N-dealkylation sites (tertiary alicyclic amines) is 1. The Hall–Kier alpha value is -2.87. The number of hydrogen-bond acceptors (Lipinski definition) is 4. The molecule has 1 fully saturated rings. The number of aromatic amines is 1. The number of aromatic nitrogens is 1. The fourth-order valence-electron chi connectivity index (χ4n) is 4.15. The number of para-hydroxylation sites is 1. The van der Waals surface area contributed by atoms with Crippen molar-refractivity contribution in [3.8, 4) is 0 Å². The molecule has 2 atom stereocenters. The van der Waals surface area contributed by atoms with Crippen LogP contribution in [0.5, 0.6) is 0 Å². The second-order valence-corrected chi connectivity index (χ2v) is 8.82. The number of H-pyrrole nitrogens is 1. The van der Waals surface area contributed by atoms with Gasteiger partial charge in [-0.2, -0.15) is 0 Å². The van der Waals surface area contributed by atoms with Gasteiger partial charge >= 0.3 is 5.97 Å². The van der Waals surface area contributed by atoms with Crippen molar-refractivity contribution in [1.29, 1.82) is 0 Å². The highest BCUT2D eigenvalue weighted by atomic mass is 16.4. The van der Waals surface area contributed by atoms with Crippen LogP contribution in [0.25, 0.3) is 10.9 Å². The summed E-state index contributed by atoms with van der Waals surface area (Å²) in [6.07, 6.45) is 1.82. The van der Waals surface area contributed by atoms with Crippen LogP contribution in [0.2, 0.25) is 0 Å². The molecule has 5 N–H and O–H groups in total. The zero-order chi connectivity index (χ0) is 22.5. The van der Waals surface area contributed by atoms with Gasteiger partial charge in [0.2, 0.25) is 11.8 Å². The van der Waals surface area contributed by atoms with E-state index in [-0.39, 0.29) is 23.7 Å². The molecule has 31 heavy (non-hydrogen) atoms. The van der Waals surface area contributed by atoms with Crippen LogP contribution in [0.3, 0.4) is 0 Å². The third kappa shape index (κ3) is 5.85. The Morgan fingerprint density at radius 2 is 1.90 bits per heavy atom. The zero-order valence-electron chi connectivity index (χ0n) is 18.1. The summed E-state index contributed by atoms with van der Waals surface area (Å²) in [4.78, 5) is 41.7. The molecule has 3 rings (SSSR count). The molecule has 168 valence electrons. The number of rotatable bonds is 8. The van der Waals surface area contributed by atoms with Gasteiger partial charge in [-0.25, -0.2) is 4.79 Å². The number of carboxylic acids is 1. The molecule has 8 nitrogen and oxygen atoms in total. The third-order valence-corrected chi connectivity index (χ3v) is 5.84. The first kappa shape index (κ1) is 22.8. The van der Waals surface area contributed by atoms with Crippen molar-refractivity contribution in [1.82, 2.24) is 15.2 Å². The molecule has 0 spiro atoms. The molecule has 2 heterocycles. The number of fused-ring (bicyclic) bond motifs is 1. The average Bonchev–Trinajstić information content (AvgIpc) is 3.14. The molecule has 0 aliphatic carbocycles. The summed E-state index contributed by atoms with van der Waals surface area (Å²) in [7, 11) is 0. The minimum Gasteiger partial charge on any atom is -0.480 e. The normalized spacial score (nSPS) is 17.0. The van der Waals surface area contributed by atoms with Crippen LogP contribution < -0.4 is 11.1 Å². The monoisotopic (exact) mass is 428 g/mol. The van der Waals surface area contributed by atoms with Crippen LogP contribution in [0.15, 0.2) is 30.3 Å². The lowest BCUT2D eigenvalue weighted by molar-refractivity contribution is -0.143. The van der Waals surface area contributed by atoms with Gasteiger partial charge in [0, 0.05) is 36.6 Å². The van der Waals surface area contributed by atoms with Crippen molar-refractivity contribution in [3.05, 3.63) is 36.0 Å². The van der Waals surface area contributed by atoms with Crippen molar-refractivity contribution in [2.45, 2.75) is 51.6 Å². The summed E-state index contributed by atoms with van der Waals surface area (Å²) in [5.74, 6) is -1.51. The largest absolute Gasteiger partial charge is 0.480 e. The van der Waals surface area contributed by atoms with E-state index in [9.17, 15) is 19.5 Å². The van der Waals surface area contributed by atoms with Gasteiger partial charge < -0.3 is 26.0 Å². The van der Waals surface area contributed by atoms with Crippen molar-refractivity contribution in [2.24, 2.45) is 17.6 Å². The first-order chi connectivity index (χ1) is 14.7. The number of hydrogen-bond donors (Lipinski definition) is 4. The predicted molar refractivity (Wildman–Crippen MR) is 118 cm³/mol. The molecule has 1 aromatic carbocycles. The van der Waals surface area contributed by atoms with Crippen molar-refractivity contribution in [3.63, 3.8) is 0 Å². The Morgan fingerprint density at radius 3 is 2.52 bits per heavy atom. The van der Waals surface area contributed by atoms with E-state index < -0.39 is 18.1 Å². The zero-order valence-corrected chi connectivity index (χ0v) is 18.1. The number of nitrogens with one attached hydrogen (secondary N) is 2. The second kappa shape index (κ2) is 9.96. The Morgan fingerprint density at radius 1 is 1.23 bits per heavy atom. The summed E-state index contributed by atoms with van der Waals surface area (Å²) in [6, 6.07) is 8.39. The highest BCUT2D eigenvalue weighted by Gasteiger charge is 2.31. The topological polar surface area (TPSA) is 129 Å². The standard InChI is InChI=1S/C23H32N4O4/c1-14(2)11-20(23(30)31)26-21(28)15-7-9-27(10-8-15)22(29)18(24)13-17-12-16-5-3-4-6-19(16)25-17/h3-6,12,14-15,18,20,25H,7-11,13,24H2,1-2H3,(H,26,28)(H,30,31)/t18-,20+/m0/s1. The Bertz CT molecular complexity index is 898. The lowest BCUT2D eigenvalue weighted by atomic mass is 9.94. The minimum atomic E-state index is -1.02. The maximum atomic E-state index is 12.8. The van der Waals surface area contributed by atoms with Gasteiger partial charge in [-0.05, 0) is 42.7 Å². The van der Waals surface area contributed by atoms with Gasteiger partial charge in [0.1, 0.15) is 6.04 Å². The summed E-state index contributed by atoms with van der Waals surface area (Å²) in [6.45, 7) is 4.73. The molecule has 0 saturated carbocycles. The van der Waals surface area contributed by atoms with E-state index in [0.29, 0.717) is 38.8 Å². The van der Waals surface area contributed by atoms with Gasteiger partial charge in [0.25, 0.3) is 0 Å². The molecule has 2 aromatic rings. The number of piperidine rings is 1. The maximum absolute atomic E-state index is 12.8. The van der Waals surface area contributed by atoms with Gasteiger partial charge in [0.05, 0.1) is 6.04 Å². The molecule has 1 saturated heterocycles. The highest BCUT2D eigenvalue weighted by Crippen LogP contribution is 2.20. The minimum absolute atomic E-state index is 0.124. The molecule has 1 aliphatic heterocycles. The third-order valence-electron chi connectivity index (χ3n) is 5.84. The summed E-state index contributed by atoms with van der Waals surface area (Å²) in [5.41, 5.74) is 8.12. The number of nitrogens with two attached hydrogens (primary N) is 1. The van der Waals surface area contributed by atoms with E-state index in [1.165, 1.54) is 0 Å². The molecular weight excluding hydrogens is 396 g/mol. The number of amides is 2. The summed E-state index contributed by atoms with van der Waals surface area (Å²) in [5, 5.41) is 13.1. The van der Waals surface area contributed by atoms with Gasteiger partial charge in [-0.15, -0.1) is 0 Å². The van der Waals surface area contributed by atoms with E-state index in [0.717, 1.165) is 16.6 Å². The molecule has 0 unspecified atom stereocenters. The van der Waals surface area contributed by atoms with Gasteiger partial charge in [-0.1, -0.05) is 32.0 Å². The van der Waals surface area contributed by atoms with Gasteiger partial charge in [-0.3, -0.25) is 9.59 Å². The quantitative estimate of drug-likeness (QED) is 0.510. The predicted octanol–water partition coefficient (Wildman–Crippen LogP) is 1.89. The van der Waals surface area contributed by atoms with Crippen LogP contribution in [0.1, 0.15) is 38.8 Å². The van der Waals surface area contributed by atoms with E-state index in [1.807, 2.05) is 44.2 Å². The lowest BCUT2D eigenvalue weighted by Crippen LogP contribution is -2.51. The fraction of sp³-hybridized carbons (Fsp3) is 0.522. The van der Waals surface area contributed by atoms with Crippen LogP contribution in [0.4, 0.5) is 0 Å². The van der Waals surface area contributed by atoms with Crippen molar-refractivity contribution >= 4 is 28.7 Å². The van der Waals surface area contributed by atoms with E-state index in [2.05, 4.69) is 10.3 Å². The number of carbonyl (C=O) groups excluding carboxylic acids is 2. The molecule has 0 bridgehead atoms. The van der Waals surface area contributed by atoms with Crippen molar-refractivity contribution in [2.75, 3.05) is 13.1 Å². The van der Waals surface area contributed by atoms with Crippen molar-refractivity contribution < 1.29 is 19.5 Å². The number of benzene rings is 1. The average molecular weight is 429 g/mol. The first-order valence-electron chi connectivity index (χ1n) is 10.9. The number of carboxylic acid groups (broad SMARTS) is 1. The number of aliphatic carboxylic acids is 1. The molecule has 8 heteroatoms. The summed E-state index contributed by atoms with van der Waals surface area (Å²) >= 11 is 0. The maximum Gasteiger partial charge on any atom is 0.326 e. The number of nitrogens with zero attached hydrogens (tertiary/aromatic N) is 1. The smallest absolute Gasteiger partial charge is 0.326 e. The Balaban J connectivity index is 1.50. The van der Waals surface area contributed by atoms with Crippen LogP contribution >= 0.6 is 0 Å². The van der Waals surface area contributed by atoms with E-state index in [4.69, 9.17) is 5.73 Å².